The molecule has 1 aliphatic heterocycles. The fourth-order valence-electron chi connectivity index (χ4n) is 2.04. The highest BCUT2D eigenvalue weighted by atomic mass is 16.5. The minimum atomic E-state index is -0.203. The standard InChI is InChI=1S/C12H15N5O3/c18-11(8-6-13-7-15-8)14-4-3-10-16-12(20-17-10)9-2-1-5-19-9/h6-7,9H,1-5H2,(H,13,15)(H,14,18). The van der Waals surface area contributed by atoms with Crippen LogP contribution in [0.2, 0.25) is 0 Å². The number of carbonyl (C=O) groups excluding carboxylic acids is 1. The van der Waals surface area contributed by atoms with Crippen LogP contribution in [0.4, 0.5) is 0 Å². The van der Waals surface area contributed by atoms with E-state index in [0.29, 0.717) is 30.4 Å². The third-order valence-corrected chi connectivity index (χ3v) is 3.07. The van der Waals surface area contributed by atoms with Crippen molar-refractivity contribution in [1.29, 1.82) is 0 Å². The second-order valence-corrected chi connectivity index (χ2v) is 4.52. The molecule has 0 spiro atoms. The van der Waals surface area contributed by atoms with Gasteiger partial charge >= 0.3 is 0 Å². The summed E-state index contributed by atoms with van der Waals surface area (Å²) in [6, 6.07) is 0. The van der Waals surface area contributed by atoms with Crippen LogP contribution in [0.25, 0.3) is 0 Å². The SMILES string of the molecule is O=C(NCCc1noc(C2CCCO2)n1)c1cnc[nH]1. The van der Waals surface area contributed by atoms with Gasteiger partial charge in [-0.2, -0.15) is 4.98 Å². The number of aromatic nitrogens is 4. The van der Waals surface area contributed by atoms with E-state index < -0.39 is 0 Å². The molecule has 2 aromatic rings. The lowest BCUT2D eigenvalue weighted by Gasteiger charge is -2.01. The number of rotatable bonds is 5. The molecule has 1 atom stereocenters. The molecule has 3 rings (SSSR count). The summed E-state index contributed by atoms with van der Waals surface area (Å²) in [5.41, 5.74) is 0.429. The maximum atomic E-state index is 11.6. The first kappa shape index (κ1) is 12.8. The third kappa shape index (κ3) is 2.85. The molecule has 8 heteroatoms. The predicted molar refractivity (Wildman–Crippen MR) is 66.8 cm³/mol. The molecule has 0 aromatic carbocycles. The lowest BCUT2D eigenvalue weighted by Crippen LogP contribution is -2.26. The van der Waals surface area contributed by atoms with Crippen LogP contribution in [0, 0.1) is 0 Å². The minimum Gasteiger partial charge on any atom is -0.368 e. The molecule has 106 valence electrons. The van der Waals surface area contributed by atoms with Gasteiger partial charge in [0.05, 0.1) is 12.5 Å². The van der Waals surface area contributed by atoms with Crippen LogP contribution in [0.1, 0.15) is 41.1 Å². The van der Waals surface area contributed by atoms with E-state index >= 15 is 0 Å². The summed E-state index contributed by atoms with van der Waals surface area (Å²) in [7, 11) is 0. The zero-order chi connectivity index (χ0) is 13.8. The van der Waals surface area contributed by atoms with Gasteiger partial charge in [-0.25, -0.2) is 4.98 Å². The maximum absolute atomic E-state index is 11.6. The highest BCUT2D eigenvalue weighted by molar-refractivity contribution is 5.91. The summed E-state index contributed by atoms with van der Waals surface area (Å²) < 4.78 is 10.6. The second kappa shape index (κ2) is 5.83. The number of aromatic amines is 1. The van der Waals surface area contributed by atoms with Crippen LogP contribution in [-0.4, -0.2) is 39.2 Å². The average molecular weight is 277 g/mol. The number of H-pyrrole nitrogens is 1. The molecule has 0 saturated carbocycles. The zero-order valence-electron chi connectivity index (χ0n) is 10.8. The molecule has 1 saturated heterocycles. The first-order chi connectivity index (χ1) is 9.83. The van der Waals surface area contributed by atoms with Gasteiger partial charge in [0.1, 0.15) is 11.8 Å². The molecule has 8 nitrogen and oxygen atoms in total. The molecule has 1 fully saturated rings. The Morgan fingerprint density at radius 2 is 2.50 bits per heavy atom. The van der Waals surface area contributed by atoms with E-state index in [2.05, 4.69) is 25.4 Å². The highest BCUT2D eigenvalue weighted by Gasteiger charge is 2.23. The summed E-state index contributed by atoms with van der Waals surface area (Å²) in [5.74, 6) is 0.892. The number of nitrogens with one attached hydrogen (secondary N) is 2. The van der Waals surface area contributed by atoms with E-state index in [1.54, 1.807) is 0 Å². The average Bonchev–Trinajstić information content (AvgIpc) is 3.20. The topological polar surface area (TPSA) is 106 Å². The number of carbonyl (C=O) groups is 1. The molecule has 20 heavy (non-hydrogen) atoms. The van der Waals surface area contributed by atoms with Crippen LogP contribution < -0.4 is 5.32 Å². The maximum Gasteiger partial charge on any atom is 0.269 e. The van der Waals surface area contributed by atoms with E-state index in [-0.39, 0.29) is 12.0 Å². The lowest BCUT2D eigenvalue weighted by molar-refractivity contribution is 0.0835. The Morgan fingerprint density at radius 1 is 1.55 bits per heavy atom. The van der Waals surface area contributed by atoms with Crippen LogP contribution in [0.15, 0.2) is 17.0 Å². The van der Waals surface area contributed by atoms with E-state index in [9.17, 15) is 4.79 Å². The Balaban J connectivity index is 1.48. The minimum absolute atomic E-state index is 0.0733. The van der Waals surface area contributed by atoms with Gasteiger partial charge in [0.2, 0.25) is 0 Å². The Labute approximate surface area is 114 Å². The first-order valence-electron chi connectivity index (χ1n) is 6.53. The number of nitrogens with zero attached hydrogens (tertiary/aromatic N) is 3. The second-order valence-electron chi connectivity index (χ2n) is 4.52. The van der Waals surface area contributed by atoms with Gasteiger partial charge in [-0.05, 0) is 12.8 Å². The largest absolute Gasteiger partial charge is 0.368 e. The summed E-state index contributed by atoms with van der Waals surface area (Å²) in [6.07, 6.45) is 5.30. The van der Waals surface area contributed by atoms with Crippen molar-refractivity contribution in [3.8, 4) is 0 Å². The molecule has 0 aliphatic carbocycles. The molecular formula is C12H15N5O3. The Bertz CT molecular complexity index is 559. The molecule has 2 N–H and O–H groups in total. The van der Waals surface area contributed by atoms with Gasteiger partial charge in [-0.1, -0.05) is 5.16 Å². The highest BCUT2D eigenvalue weighted by Crippen LogP contribution is 2.26. The molecule has 2 aromatic heterocycles. The van der Waals surface area contributed by atoms with Crippen molar-refractivity contribution in [1.82, 2.24) is 25.4 Å². The van der Waals surface area contributed by atoms with Gasteiger partial charge < -0.3 is 19.6 Å². The first-order valence-corrected chi connectivity index (χ1v) is 6.53. The number of hydrogen-bond donors (Lipinski definition) is 2. The fourth-order valence-corrected chi connectivity index (χ4v) is 2.04. The zero-order valence-corrected chi connectivity index (χ0v) is 10.8. The lowest BCUT2D eigenvalue weighted by atomic mass is 10.2. The number of imidazole rings is 1. The monoisotopic (exact) mass is 277 g/mol. The van der Waals surface area contributed by atoms with Crippen molar-refractivity contribution in [2.24, 2.45) is 0 Å². The Morgan fingerprint density at radius 3 is 3.25 bits per heavy atom. The molecule has 1 unspecified atom stereocenters. The number of amides is 1. The van der Waals surface area contributed by atoms with Crippen molar-refractivity contribution in [2.75, 3.05) is 13.2 Å². The van der Waals surface area contributed by atoms with E-state index in [1.165, 1.54) is 12.5 Å². The molecule has 0 bridgehead atoms. The van der Waals surface area contributed by atoms with Crippen LogP contribution in [0.3, 0.4) is 0 Å². The quantitative estimate of drug-likeness (QED) is 0.829. The molecule has 1 aliphatic rings. The fraction of sp³-hybridized carbons (Fsp3) is 0.500. The summed E-state index contributed by atoms with van der Waals surface area (Å²) in [5, 5.41) is 6.63. The van der Waals surface area contributed by atoms with Crippen molar-refractivity contribution in [2.45, 2.75) is 25.4 Å². The molecule has 1 amide bonds. The number of hydrogen-bond acceptors (Lipinski definition) is 6. The Kier molecular flexibility index (Phi) is 3.73. The van der Waals surface area contributed by atoms with E-state index in [4.69, 9.17) is 9.26 Å². The van der Waals surface area contributed by atoms with Crippen molar-refractivity contribution >= 4 is 5.91 Å². The normalized spacial score (nSPS) is 18.3. The van der Waals surface area contributed by atoms with E-state index in [1.807, 2.05) is 0 Å². The summed E-state index contributed by atoms with van der Waals surface area (Å²) >= 11 is 0. The van der Waals surface area contributed by atoms with Gasteiger partial charge in [0.25, 0.3) is 11.8 Å². The molecule has 0 radical (unpaired) electrons. The molecule has 3 heterocycles. The predicted octanol–water partition coefficient (Wildman–Crippen LogP) is 0.617. The number of ether oxygens (including phenoxy) is 1. The van der Waals surface area contributed by atoms with Gasteiger partial charge in [0.15, 0.2) is 5.82 Å². The summed E-state index contributed by atoms with van der Waals surface area (Å²) in [4.78, 5) is 22.4. The Hall–Kier alpha value is -2.22. The third-order valence-electron chi connectivity index (χ3n) is 3.07. The summed E-state index contributed by atoms with van der Waals surface area (Å²) in [6.45, 7) is 1.17. The van der Waals surface area contributed by atoms with E-state index in [0.717, 1.165) is 19.4 Å². The van der Waals surface area contributed by atoms with Gasteiger partial charge in [-0.15, -0.1) is 0 Å². The smallest absolute Gasteiger partial charge is 0.269 e. The van der Waals surface area contributed by atoms with Crippen molar-refractivity contribution in [3.05, 3.63) is 29.9 Å². The van der Waals surface area contributed by atoms with Gasteiger partial charge in [-0.3, -0.25) is 4.79 Å². The van der Waals surface area contributed by atoms with Gasteiger partial charge in [0, 0.05) is 19.6 Å². The molecular weight excluding hydrogens is 262 g/mol. The van der Waals surface area contributed by atoms with Crippen LogP contribution >= 0.6 is 0 Å². The van der Waals surface area contributed by atoms with Crippen molar-refractivity contribution < 1.29 is 14.1 Å². The van der Waals surface area contributed by atoms with Crippen molar-refractivity contribution in [3.63, 3.8) is 0 Å². The van der Waals surface area contributed by atoms with Crippen LogP contribution in [-0.2, 0) is 11.2 Å². The van der Waals surface area contributed by atoms with Crippen LogP contribution in [0.5, 0.6) is 0 Å².